The Morgan fingerprint density at radius 3 is 2.53 bits per heavy atom. The molecule has 0 aromatic rings. The number of rotatable bonds is 3. The highest BCUT2D eigenvalue weighted by atomic mass is 16.5. The minimum atomic E-state index is -0.134. The van der Waals surface area contributed by atoms with Gasteiger partial charge in [0.15, 0.2) is 0 Å². The third kappa shape index (κ3) is 2.33. The number of ether oxygens (including phenoxy) is 1. The van der Waals surface area contributed by atoms with E-state index in [1.54, 1.807) is 0 Å². The molecule has 1 amide bonds. The SMILES string of the molecule is CCN(C(=O)[C@H]1CCCO1)C1CCCC1. The van der Waals surface area contributed by atoms with Crippen molar-refractivity contribution in [3.8, 4) is 0 Å². The van der Waals surface area contributed by atoms with Crippen LogP contribution in [0.25, 0.3) is 0 Å². The van der Waals surface area contributed by atoms with Crippen LogP contribution in [0.2, 0.25) is 0 Å². The molecule has 0 N–H and O–H groups in total. The van der Waals surface area contributed by atoms with Crippen molar-refractivity contribution >= 4 is 5.91 Å². The highest BCUT2D eigenvalue weighted by Gasteiger charge is 2.32. The zero-order chi connectivity index (χ0) is 10.7. The van der Waals surface area contributed by atoms with Crippen LogP contribution in [0.3, 0.4) is 0 Å². The molecule has 1 aliphatic heterocycles. The molecule has 15 heavy (non-hydrogen) atoms. The summed E-state index contributed by atoms with van der Waals surface area (Å²) in [5.74, 6) is 0.238. The van der Waals surface area contributed by atoms with E-state index in [9.17, 15) is 4.79 Å². The molecule has 1 heterocycles. The molecule has 1 saturated carbocycles. The fraction of sp³-hybridized carbons (Fsp3) is 0.917. The summed E-state index contributed by atoms with van der Waals surface area (Å²) in [6.45, 7) is 3.67. The molecule has 0 unspecified atom stereocenters. The van der Waals surface area contributed by atoms with E-state index >= 15 is 0 Å². The van der Waals surface area contributed by atoms with E-state index in [1.165, 1.54) is 25.7 Å². The van der Waals surface area contributed by atoms with Gasteiger partial charge in [0.25, 0.3) is 5.91 Å². The van der Waals surface area contributed by atoms with Crippen molar-refractivity contribution in [3.63, 3.8) is 0 Å². The highest BCUT2D eigenvalue weighted by molar-refractivity contribution is 5.81. The monoisotopic (exact) mass is 211 g/mol. The first-order chi connectivity index (χ1) is 7.33. The summed E-state index contributed by atoms with van der Waals surface area (Å²) in [6.07, 6.45) is 6.75. The average molecular weight is 211 g/mol. The van der Waals surface area contributed by atoms with E-state index in [-0.39, 0.29) is 12.0 Å². The van der Waals surface area contributed by atoms with Crippen LogP contribution >= 0.6 is 0 Å². The van der Waals surface area contributed by atoms with Gasteiger partial charge in [-0.2, -0.15) is 0 Å². The predicted octanol–water partition coefficient (Wildman–Crippen LogP) is 1.96. The Labute approximate surface area is 91.8 Å². The van der Waals surface area contributed by atoms with Crippen molar-refractivity contribution in [1.82, 2.24) is 4.90 Å². The van der Waals surface area contributed by atoms with Gasteiger partial charge in [-0.05, 0) is 32.6 Å². The fourth-order valence-corrected chi connectivity index (χ4v) is 2.77. The van der Waals surface area contributed by atoms with E-state index in [1.807, 2.05) is 4.90 Å². The molecule has 0 spiro atoms. The molecule has 0 radical (unpaired) electrons. The largest absolute Gasteiger partial charge is 0.368 e. The van der Waals surface area contributed by atoms with Gasteiger partial charge in [0.2, 0.25) is 0 Å². The molecule has 0 aromatic heterocycles. The number of carbonyl (C=O) groups is 1. The Morgan fingerprint density at radius 2 is 2.00 bits per heavy atom. The first-order valence-corrected chi connectivity index (χ1v) is 6.25. The molecule has 86 valence electrons. The van der Waals surface area contributed by atoms with Crippen LogP contribution in [-0.2, 0) is 9.53 Å². The topological polar surface area (TPSA) is 29.5 Å². The molecular weight excluding hydrogens is 190 g/mol. The second kappa shape index (κ2) is 4.97. The Bertz CT molecular complexity index is 218. The van der Waals surface area contributed by atoms with Gasteiger partial charge >= 0.3 is 0 Å². The lowest BCUT2D eigenvalue weighted by Gasteiger charge is -2.29. The molecule has 1 saturated heterocycles. The highest BCUT2D eigenvalue weighted by Crippen LogP contribution is 2.25. The number of likely N-dealkylation sites (N-methyl/N-ethyl adjacent to an activating group) is 1. The number of amides is 1. The quantitative estimate of drug-likeness (QED) is 0.714. The zero-order valence-corrected chi connectivity index (χ0v) is 9.58. The summed E-state index contributed by atoms with van der Waals surface area (Å²) in [5, 5.41) is 0. The van der Waals surface area contributed by atoms with E-state index in [0.29, 0.717) is 6.04 Å². The Morgan fingerprint density at radius 1 is 1.27 bits per heavy atom. The van der Waals surface area contributed by atoms with E-state index in [0.717, 1.165) is 26.0 Å². The molecule has 3 heteroatoms. The van der Waals surface area contributed by atoms with Crippen molar-refractivity contribution < 1.29 is 9.53 Å². The molecule has 1 aliphatic carbocycles. The lowest BCUT2D eigenvalue weighted by Crippen LogP contribution is -2.44. The van der Waals surface area contributed by atoms with Crippen molar-refractivity contribution in [1.29, 1.82) is 0 Å². The van der Waals surface area contributed by atoms with Crippen LogP contribution in [0, 0.1) is 0 Å². The van der Waals surface area contributed by atoms with Crippen LogP contribution in [0.5, 0.6) is 0 Å². The van der Waals surface area contributed by atoms with Gasteiger partial charge in [0.05, 0.1) is 0 Å². The Kier molecular flexibility index (Phi) is 3.62. The van der Waals surface area contributed by atoms with Gasteiger partial charge < -0.3 is 9.64 Å². The third-order valence-corrected chi connectivity index (χ3v) is 3.59. The molecule has 2 fully saturated rings. The van der Waals surface area contributed by atoms with Gasteiger partial charge in [-0.1, -0.05) is 12.8 Å². The third-order valence-electron chi connectivity index (χ3n) is 3.59. The summed E-state index contributed by atoms with van der Waals surface area (Å²) in [5.41, 5.74) is 0. The summed E-state index contributed by atoms with van der Waals surface area (Å²) in [7, 11) is 0. The minimum Gasteiger partial charge on any atom is -0.368 e. The van der Waals surface area contributed by atoms with Crippen LogP contribution < -0.4 is 0 Å². The summed E-state index contributed by atoms with van der Waals surface area (Å²) >= 11 is 0. The van der Waals surface area contributed by atoms with Crippen LogP contribution in [0.1, 0.15) is 45.4 Å². The number of hydrogen-bond acceptors (Lipinski definition) is 2. The van der Waals surface area contributed by atoms with Gasteiger partial charge in [-0.15, -0.1) is 0 Å². The zero-order valence-electron chi connectivity index (χ0n) is 9.58. The van der Waals surface area contributed by atoms with Crippen molar-refractivity contribution in [3.05, 3.63) is 0 Å². The second-order valence-electron chi connectivity index (χ2n) is 4.56. The summed E-state index contributed by atoms with van der Waals surface area (Å²) in [4.78, 5) is 14.2. The van der Waals surface area contributed by atoms with Crippen molar-refractivity contribution in [2.75, 3.05) is 13.2 Å². The predicted molar refractivity (Wildman–Crippen MR) is 58.6 cm³/mol. The maximum atomic E-state index is 12.2. The summed E-state index contributed by atoms with van der Waals surface area (Å²) in [6, 6.07) is 0.492. The maximum Gasteiger partial charge on any atom is 0.251 e. The van der Waals surface area contributed by atoms with E-state index in [4.69, 9.17) is 4.74 Å². The van der Waals surface area contributed by atoms with Gasteiger partial charge in [0.1, 0.15) is 6.10 Å². The van der Waals surface area contributed by atoms with Crippen LogP contribution in [0.15, 0.2) is 0 Å². The molecule has 2 rings (SSSR count). The van der Waals surface area contributed by atoms with Crippen molar-refractivity contribution in [2.24, 2.45) is 0 Å². The Hall–Kier alpha value is -0.570. The molecule has 1 atom stereocenters. The van der Waals surface area contributed by atoms with Gasteiger partial charge in [-0.3, -0.25) is 4.79 Å². The second-order valence-corrected chi connectivity index (χ2v) is 4.56. The summed E-state index contributed by atoms with van der Waals surface area (Å²) < 4.78 is 5.47. The lowest BCUT2D eigenvalue weighted by molar-refractivity contribution is -0.143. The molecule has 0 bridgehead atoms. The minimum absolute atomic E-state index is 0.134. The van der Waals surface area contributed by atoms with Crippen LogP contribution in [-0.4, -0.2) is 36.1 Å². The van der Waals surface area contributed by atoms with Crippen LogP contribution in [0.4, 0.5) is 0 Å². The molecule has 2 aliphatic rings. The first kappa shape index (κ1) is 10.9. The standard InChI is InChI=1S/C12H21NO2/c1-2-13(10-6-3-4-7-10)12(14)11-8-5-9-15-11/h10-11H,2-9H2,1H3/t11-/m1/s1. The van der Waals surface area contributed by atoms with E-state index < -0.39 is 0 Å². The maximum absolute atomic E-state index is 12.2. The molecule has 3 nitrogen and oxygen atoms in total. The van der Waals surface area contributed by atoms with Gasteiger partial charge in [-0.25, -0.2) is 0 Å². The normalized spacial score (nSPS) is 27.1. The molecule has 0 aromatic carbocycles. The van der Waals surface area contributed by atoms with Crippen molar-refractivity contribution in [2.45, 2.75) is 57.6 Å². The Balaban J connectivity index is 1.95. The number of carbonyl (C=O) groups excluding carboxylic acids is 1. The number of nitrogens with zero attached hydrogens (tertiary/aromatic N) is 1. The fourth-order valence-electron chi connectivity index (χ4n) is 2.77. The lowest BCUT2D eigenvalue weighted by atomic mass is 10.1. The molecular formula is C12H21NO2. The number of hydrogen-bond donors (Lipinski definition) is 0. The first-order valence-electron chi connectivity index (χ1n) is 6.25. The smallest absolute Gasteiger partial charge is 0.251 e. The van der Waals surface area contributed by atoms with E-state index in [2.05, 4.69) is 6.92 Å². The average Bonchev–Trinajstić information content (AvgIpc) is 2.91. The van der Waals surface area contributed by atoms with Gasteiger partial charge in [0, 0.05) is 19.2 Å².